The molecule has 0 bridgehead atoms. The van der Waals surface area contributed by atoms with Gasteiger partial charge in [0.1, 0.15) is 0 Å². The fourth-order valence-corrected chi connectivity index (χ4v) is 2.50. The normalized spacial score (nSPS) is 10.7. The van der Waals surface area contributed by atoms with Gasteiger partial charge in [-0.3, -0.25) is 9.48 Å². The number of benzene rings is 1. The molecule has 0 radical (unpaired) electrons. The summed E-state index contributed by atoms with van der Waals surface area (Å²) in [6.07, 6.45) is 3.34. The molecule has 90 valence electrons. The third-order valence-corrected chi connectivity index (χ3v) is 3.49. The molecular weight excluding hydrogens is 248 g/mol. The van der Waals surface area contributed by atoms with Crippen molar-refractivity contribution in [1.82, 2.24) is 14.8 Å². The zero-order valence-electron chi connectivity index (χ0n) is 9.62. The van der Waals surface area contributed by atoms with Crippen molar-refractivity contribution in [2.45, 2.75) is 0 Å². The fraction of sp³-hybridized carbons (Fsp3) is 0.0833. The number of thiazole rings is 1. The number of carbonyl (C=O) groups excluding carboxylic acids is 1. The molecule has 0 fully saturated rings. The van der Waals surface area contributed by atoms with Crippen molar-refractivity contribution in [1.29, 1.82) is 0 Å². The van der Waals surface area contributed by atoms with Crippen molar-refractivity contribution in [2.75, 3.05) is 5.32 Å². The lowest BCUT2D eigenvalue weighted by Crippen LogP contribution is -2.10. The molecule has 3 rings (SSSR count). The van der Waals surface area contributed by atoms with Crippen molar-refractivity contribution >= 4 is 33.1 Å². The molecule has 1 aromatic carbocycles. The third-order valence-electron chi connectivity index (χ3n) is 2.45. The Morgan fingerprint density at radius 1 is 1.39 bits per heavy atom. The topological polar surface area (TPSA) is 59.8 Å². The number of amides is 1. The van der Waals surface area contributed by atoms with Gasteiger partial charge in [0.25, 0.3) is 5.91 Å². The van der Waals surface area contributed by atoms with Crippen molar-refractivity contribution < 1.29 is 4.79 Å². The van der Waals surface area contributed by atoms with E-state index in [1.165, 1.54) is 11.3 Å². The lowest BCUT2D eigenvalue weighted by atomic mass is 10.3. The Kier molecular flexibility index (Phi) is 2.56. The highest BCUT2D eigenvalue weighted by atomic mass is 32.1. The quantitative estimate of drug-likeness (QED) is 0.767. The van der Waals surface area contributed by atoms with Gasteiger partial charge in [-0.1, -0.05) is 12.1 Å². The minimum absolute atomic E-state index is 0.204. The van der Waals surface area contributed by atoms with Crippen LogP contribution in [0.2, 0.25) is 0 Å². The monoisotopic (exact) mass is 258 g/mol. The summed E-state index contributed by atoms with van der Waals surface area (Å²) in [5.74, 6) is -0.204. The van der Waals surface area contributed by atoms with Gasteiger partial charge in [0.15, 0.2) is 5.01 Å². The number of anilines is 1. The van der Waals surface area contributed by atoms with E-state index in [2.05, 4.69) is 15.4 Å². The number of hydrogen-bond acceptors (Lipinski definition) is 4. The zero-order chi connectivity index (χ0) is 12.5. The van der Waals surface area contributed by atoms with Crippen LogP contribution < -0.4 is 5.32 Å². The summed E-state index contributed by atoms with van der Waals surface area (Å²) in [6, 6.07) is 7.69. The zero-order valence-corrected chi connectivity index (χ0v) is 10.4. The van der Waals surface area contributed by atoms with Crippen LogP contribution in [0, 0.1) is 0 Å². The number of rotatable bonds is 2. The van der Waals surface area contributed by atoms with E-state index in [0.29, 0.717) is 10.7 Å². The Morgan fingerprint density at radius 2 is 2.22 bits per heavy atom. The Balaban J connectivity index is 1.87. The second-order valence-electron chi connectivity index (χ2n) is 3.84. The van der Waals surface area contributed by atoms with Gasteiger partial charge in [0, 0.05) is 13.2 Å². The number of para-hydroxylation sites is 1. The summed E-state index contributed by atoms with van der Waals surface area (Å²) >= 11 is 1.38. The van der Waals surface area contributed by atoms with Crippen LogP contribution in [0.15, 0.2) is 36.7 Å². The number of aryl methyl sites for hydroxylation is 1. The minimum atomic E-state index is -0.204. The summed E-state index contributed by atoms with van der Waals surface area (Å²) < 4.78 is 2.64. The van der Waals surface area contributed by atoms with E-state index in [-0.39, 0.29) is 5.91 Å². The van der Waals surface area contributed by atoms with Crippen LogP contribution in [0.3, 0.4) is 0 Å². The highest BCUT2D eigenvalue weighted by molar-refractivity contribution is 7.20. The second kappa shape index (κ2) is 4.23. The first-order valence-electron chi connectivity index (χ1n) is 5.38. The lowest BCUT2D eigenvalue weighted by Gasteiger charge is -1.96. The molecule has 1 amide bonds. The second-order valence-corrected chi connectivity index (χ2v) is 4.87. The van der Waals surface area contributed by atoms with Gasteiger partial charge in [0.05, 0.1) is 22.1 Å². The number of carbonyl (C=O) groups is 1. The van der Waals surface area contributed by atoms with Gasteiger partial charge in [-0.15, -0.1) is 11.3 Å². The summed E-state index contributed by atoms with van der Waals surface area (Å²) in [6.45, 7) is 0. The van der Waals surface area contributed by atoms with Crippen LogP contribution in [-0.4, -0.2) is 20.7 Å². The number of hydrogen-bond donors (Lipinski definition) is 1. The molecule has 6 heteroatoms. The molecule has 0 aliphatic carbocycles. The molecule has 0 aliphatic heterocycles. The van der Waals surface area contributed by atoms with Gasteiger partial charge in [-0.05, 0) is 12.1 Å². The third kappa shape index (κ3) is 1.98. The van der Waals surface area contributed by atoms with Crippen LogP contribution in [0.5, 0.6) is 0 Å². The van der Waals surface area contributed by atoms with E-state index >= 15 is 0 Å². The molecule has 0 atom stereocenters. The molecule has 2 aromatic heterocycles. The predicted molar refractivity (Wildman–Crippen MR) is 70.8 cm³/mol. The van der Waals surface area contributed by atoms with Crippen molar-refractivity contribution in [3.05, 3.63) is 41.7 Å². The van der Waals surface area contributed by atoms with E-state index in [1.807, 2.05) is 24.3 Å². The molecule has 5 nitrogen and oxygen atoms in total. The lowest BCUT2D eigenvalue weighted by molar-refractivity contribution is 0.102. The molecule has 0 saturated carbocycles. The molecule has 18 heavy (non-hydrogen) atoms. The van der Waals surface area contributed by atoms with Crippen LogP contribution in [-0.2, 0) is 7.05 Å². The van der Waals surface area contributed by atoms with E-state index in [1.54, 1.807) is 24.1 Å². The molecular formula is C12H10N4OS. The average molecular weight is 258 g/mol. The first-order chi connectivity index (χ1) is 8.72. The van der Waals surface area contributed by atoms with Gasteiger partial charge < -0.3 is 5.32 Å². The maximum Gasteiger partial charge on any atom is 0.284 e. The predicted octanol–water partition coefficient (Wildman–Crippen LogP) is 2.28. The van der Waals surface area contributed by atoms with Gasteiger partial charge in [0.2, 0.25) is 0 Å². The van der Waals surface area contributed by atoms with E-state index in [0.717, 1.165) is 10.2 Å². The number of nitrogens with one attached hydrogen (secondary N) is 1. The van der Waals surface area contributed by atoms with Crippen molar-refractivity contribution in [3.63, 3.8) is 0 Å². The molecule has 1 N–H and O–H groups in total. The Morgan fingerprint density at radius 3 is 2.94 bits per heavy atom. The fourth-order valence-electron chi connectivity index (χ4n) is 1.64. The highest BCUT2D eigenvalue weighted by Crippen LogP contribution is 2.22. The maximum atomic E-state index is 12.0. The Labute approximate surface area is 107 Å². The number of fused-ring (bicyclic) bond motifs is 1. The van der Waals surface area contributed by atoms with E-state index in [9.17, 15) is 4.79 Å². The van der Waals surface area contributed by atoms with Crippen LogP contribution in [0.4, 0.5) is 5.69 Å². The van der Waals surface area contributed by atoms with Gasteiger partial charge in [-0.2, -0.15) is 5.10 Å². The molecule has 0 aliphatic rings. The molecule has 0 unspecified atom stereocenters. The number of nitrogens with zero attached hydrogens (tertiary/aromatic N) is 3. The Hall–Kier alpha value is -2.21. The summed E-state index contributed by atoms with van der Waals surface area (Å²) in [7, 11) is 1.80. The highest BCUT2D eigenvalue weighted by Gasteiger charge is 2.12. The standard InChI is InChI=1S/C12H10N4OS/c1-16-7-8(6-13-16)14-11(17)12-15-9-4-2-3-5-10(9)18-12/h2-7H,1H3,(H,14,17). The average Bonchev–Trinajstić information content (AvgIpc) is 2.95. The van der Waals surface area contributed by atoms with Crippen LogP contribution in [0.25, 0.3) is 10.2 Å². The maximum absolute atomic E-state index is 12.0. The first-order valence-corrected chi connectivity index (χ1v) is 6.19. The van der Waals surface area contributed by atoms with Crippen molar-refractivity contribution in [2.24, 2.45) is 7.05 Å². The SMILES string of the molecule is Cn1cc(NC(=O)c2nc3ccccc3s2)cn1. The Bertz CT molecular complexity index is 683. The molecule has 3 aromatic rings. The minimum Gasteiger partial charge on any atom is -0.317 e. The number of aromatic nitrogens is 3. The van der Waals surface area contributed by atoms with Crippen molar-refractivity contribution in [3.8, 4) is 0 Å². The first kappa shape index (κ1) is 10.9. The van der Waals surface area contributed by atoms with Gasteiger partial charge in [-0.25, -0.2) is 4.98 Å². The molecule has 0 spiro atoms. The molecule has 0 saturated heterocycles. The van der Waals surface area contributed by atoms with Crippen LogP contribution in [0.1, 0.15) is 9.80 Å². The summed E-state index contributed by atoms with van der Waals surface area (Å²) in [5, 5.41) is 7.22. The van der Waals surface area contributed by atoms with E-state index < -0.39 is 0 Å². The van der Waals surface area contributed by atoms with E-state index in [4.69, 9.17) is 0 Å². The van der Waals surface area contributed by atoms with Gasteiger partial charge >= 0.3 is 0 Å². The summed E-state index contributed by atoms with van der Waals surface area (Å²) in [4.78, 5) is 16.3. The van der Waals surface area contributed by atoms with Crippen LogP contribution >= 0.6 is 11.3 Å². The molecule has 2 heterocycles. The smallest absolute Gasteiger partial charge is 0.284 e. The summed E-state index contributed by atoms with van der Waals surface area (Å²) in [5.41, 5.74) is 1.51. The largest absolute Gasteiger partial charge is 0.317 e.